The molecule has 2 aromatic carbocycles. The van der Waals surface area contributed by atoms with Gasteiger partial charge in [0, 0.05) is 10.6 Å². The highest BCUT2D eigenvalue weighted by Gasteiger charge is 2.11. The Morgan fingerprint density at radius 3 is 2.74 bits per heavy atom. The first-order valence-electron chi connectivity index (χ1n) is 8.46. The molecular weight excluding hydrogens is 364 g/mol. The molecule has 1 heterocycles. The Balaban J connectivity index is 1.70. The fourth-order valence-electron chi connectivity index (χ4n) is 2.45. The van der Waals surface area contributed by atoms with E-state index in [-0.39, 0.29) is 5.91 Å². The zero-order valence-electron chi connectivity index (χ0n) is 15.0. The second kappa shape index (κ2) is 8.51. The van der Waals surface area contributed by atoms with E-state index in [2.05, 4.69) is 20.7 Å². The van der Waals surface area contributed by atoms with Crippen LogP contribution >= 0.6 is 11.6 Å². The molecule has 0 saturated heterocycles. The van der Waals surface area contributed by atoms with E-state index in [1.807, 2.05) is 43.3 Å². The van der Waals surface area contributed by atoms with E-state index >= 15 is 0 Å². The predicted octanol–water partition coefficient (Wildman–Crippen LogP) is 4.28. The number of nitrogens with zero attached hydrogens (tertiary/aromatic N) is 2. The van der Waals surface area contributed by atoms with Gasteiger partial charge in [0.15, 0.2) is 0 Å². The van der Waals surface area contributed by atoms with Crippen molar-refractivity contribution in [2.24, 2.45) is 5.10 Å². The van der Waals surface area contributed by atoms with Gasteiger partial charge in [-0.05, 0) is 49.7 Å². The van der Waals surface area contributed by atoms with Crippen molar-refractivity contribution < 1.29 is 9.53 Å². The van der Waals surface area contributed by atoms with Crippen LogP contribution in [0, 0.1) is 0 Å². The van der Waals surface area contributed by atoms with E-state index in [1.165, 1.54) is 0 Å². The Bertz CT molecular complexity index is 964. The fraction of sp³-hybridized carbons (Fsp3) is 0.150. The molecule has 0 unspecified atom stereocenters. The van der Waals surface area contributed by atoms with Gasteiger partial charge in [0.25, 0.3) is 5.91 Å². The van der Waals surface area contributed by atoms with Gasteiger partial charge in [-0.25, -0.2) is 5.43 Å². The third-order valence-corrected chi connectivity index (χ3v) is 4.10. The highest BCUT2D eigenvalue weighted by atomic mass is 35.5. The normalized spacial score (nSPS) is 11.3. The first kappa shape index (κ1) is 18.7. The zero-order valence-corrected chi connectivity index (χ0v) is 15.7. The first-order valence-corrected chi connectivity index (χ1v) is 8.84. The number of hydrogen-bond acceptors (Lipinski definition) is 4. The van der Waals surface area contributed by atoms with Crippen LogP contribution in [0.2, 0.25) is 5.02 Å². The highest BCUT2D eigenvalue weighted by molar-refractivity contribution is 6.30. The molecule has 0 bridgehead atoms. The molecule has 1 aromatic heterocycles. The number of nitrogens with one attached hydrogen (secondary N) is 2. The number of aromatic nitrogens is 2. The monoisotopic (exact) mass is 382 g/mol. The highest BCUT2D eigenvalue weighted by Crippen LogP contribution is 2.22. The number of carbonyl (C=O) groups is 1. The lowest BCUT2D eigenvalue weighted by atomic mass is 10.1. The van der Waals surface area contributed by atoms with Crippen LogP contribution in [0.15, 0.2) is 59.7 Å². The van der Waals surface area contributed by atoms with Crippen LogP contribution in [0.5, 0.6) is 5.75 Å². The maximum atomic E-state index is 12.3. The van der Waals surface area contributed by atoms with Crippen LogP contribution in [0.4, 0.5) is 0 Å². The SMILES string of the molecule is CCOc1cccc(-c2cc(C(=O)N/N=C(/C)c3ccc(Cl)cc3)[nH]n2)c1. The summed E-state index contributed by atoms with van der Waals surface area (Å²) in [5.74, 6) is 0.384. The summed E-state index contributed by atoms with van der Waals surface area (Å²) < 4.78 is 5.49. The minimum Gasteiger partial charge on any atom is -0.494 e. The van der Waals surface area contributed by atoms with Crippen molar-refractivity contribution in [3.8, 4) is 17.0 Å². The van der Waals surface area contributed by atoms with Crippen molar-refractivity contribution in [3.63, 3.8) is 0 Å². The molecule has 0 fully saturated rings. The summed E-state index contributed by atoms with van der Waals surface area (Å²) in [6.45, 7) is 4.32. The number of halogens is 1. The maximum absolute atomic E-state index is 12.3. The van der Waals surface area contributed by atoms with E-state index in [4.69, 9.17) is 16.3 Å². The first-order chi connectivity index (χ1) is 13.1. The topological polar surface area (TPSA) is 79.4 Å². The Hall–Kier alpha value is -3.12. The molecule has 0 saturated carbocycles. The Morgan fingerprint density at radius 2 is 2.00 bits per heavy atom. The number of amides is 1. The Morgan fingerprint density at radius 1 is 1.22 bits per heavy atom. The van der Waals surface area contributed by atoms with Gasteiger partial charge in [0.05, 0.1) is 18.0 Å². The molecule has 0 aliphatic rings. The molecule has 138 valence electrons. The largest absolute Gasteiger partial charge is 0.494 e. The van der Waals surface area contributed by atoms with Gasteiger partial charge >= 0.3 is 0 Å². The lowest BCUT2D eigenvalue weighted by molar-refractivity contribution is 0.0950. The number of rotatable bonds is 6. The van der Waals surface area contributed by atoms with Crippen LogP contribution in [0.1, 0.15) is 29.9 Å². The Labute approximate surface area is 162 Å². The van der Waals surface area contributed by atoms with Gasteiger partial charge in [-0.15, -0.1) is 0 Å². The molecule has 2 N–H and O–H groups in total. The third-order valence-electron chi connectivity index (χ3n) is 3.85. The number of carbonyl (C=O) groups excluding carboxylic acids is 1. The van der Waals surface area contributed by atoms with E-state index in [0.29, 0.717) is 28.7 Å². The molecule has 0 aliphatic carbocycles. The van der Waals surface area contributed by atoms with E-state index in [1.54, 1.807) is 25.1 Å². The number of benzene rings is 2. The van der Waals surface area contributed by atoms with Crippen LogP contribution in [-0.2, 0) is 0 Å². The molecule has 3 rings (SSSR count). The third kappa shape index (κ3) is 4.74. The molecular formula is C20H19ClN4O2. The van der Waals surface area contributed by atoms with Crippen molar-refractivity contribution in [3.05, 3.63) is 70.9 Å². The average Bonchev–Trinajstić information content (AvgIpc) is 3.17. The standard InChI is InChI=1S/C20H19ClN4O2/c1-3-27-17-6-4-5-15(11-17)18-12-19(24-23-18)20(26)25-22-13(2)14-7-9-16(21)10-8-14/h4-12H,3H2,1-2H3,(H,23,24)(H,25,26)/b22-13-. The number of H-pyrrole nitrogens is 1. The van der Waals surface area contributed by atoms with Gasteiger partial charge in [-0.3, -0.25) is 9.89 Å². The average molecular weight is 383 g/mol. The predicted molar refractivity (Wildman–Crippen MR) is 106 cm³/mol. The van der Waals surface area contributed by atoms with Crippen LogP contribution in [0.25, 0.3) is 11.3 Å². The van der Waals surface area contributed by atoms with E-state index in [0.717, 1.165) is 16.9 Å². The second-order valence-electron chi connectivity index (χ2n) is 5.77. The minimum atomic E-state index is -0.372. The van der Waals surface area contributed by atoms with Crippen LogP contribution < -0.4 is 10.2 Å². The summed E-state index contributed by atoms with van der Waals surface area (Å²) in [7, 11) is 0. The van der Waals surface area contributed by atoms with Crippen molar-refractivity contribution in [2.75, 3.05) is 6.61 Å². The smallest absolute Gasteiger partial charge is 0.289 e. The molecule has 7 heteroatoms. The minimum absolute atomic E-state index is 0.319. The zero-order chi connectivity index (χ0) is 19.2. The molecule has 3 aromatic rings. The van der Waals surface area contributed by atoms with Gasteiger partial charge in [0.1, 0.15) is 11.4 Å². The lowest BCUT2D eigenvalue weighted by Gasteiger charge is -2.03. The van der Waals surface area contributed by atoms with Crippen molar-refractivity contribution in [2.45, 2.75) is 13.8 Å². The summed E-state index contributed by atoms with van der Waals surface area (Å²) in [6, 6.07) is 16.4. The molecule has 0 radical (unpaired) electrons. The summed E-state index contributed by atoms with van der Waals surface area (Å²) >= 11 is 5.88. The number of ether oxygens (including phenoxy) is 1. The van der Waals surface area contributed by atoms with Crippen molar-refractivity contribution >= 4 is 23.2 Å². The van der Waals surface area contributed by atoms with Gasteiger partial charge in [-0.2, -0.15) is 10.2 Å². The quantitative estimate of drug-likeness (QED) is 0.493. The summed E-state index contributed by atoms with van der Waals surface area (Å²) in [4.78, 5) is 12.3. The molecule has 0 aliphatic heterocycles. The fourth-order valence-corrected chi connectivity index (χ4v) is 2.57. The van der Waals surface area contributed by atoms with E-state index < -0.39 is 0 Å². The summed E-state index contributed by atoms with van der Waals surface area (Å²) in [6.07, 6.45) is 0. The Kier molecular flexibility index (Phi) is 5.88. The molecule has 27 heavy (non-hydrogen) atoms. The maximum Gasteiger partial charge on any atom is 0.289 e. The molecule has 0 atom stereocenters. The van der Waals surface area contributed by atoms with Gasteiger partial charge in [0.2, 0.25) is 0 Å². The van der Waals surface area contributed by atoms with Crippen LogP contribution in [-0.4, -0.2) is 28.4 Å². The van der Waals surface area contributed by atoms with Crippen molar-refractivity contribution in [1.82, 2.24) is 15.6 Å². The van der Waals surface area contributed by atoms with E-state index in [9.17, 15) is 4.79 Å². The summed E-state index contributed by atoms with van der Waals surface area (Å²) in [5.41, 5.74) is 5.90. The molecule has 1 amide bonds. The summed E-state index contributed by atoms with van der Waals surface area (Å²) in [5, 5.41) is 11.7. The lowest BCUT2D eigenvalue weighted by Crippen LogP contribution is -2.19. The molecule has 0 spiro atoms. The number of aromatic amines is 1. The number of hydrazone groups is 1. The van der Waals surface area contributed by atoms with Crippen LogP contribution in [0.3, 0.4) is 0 Å². The van der Waals surface area contributed by atoms with Gasteiger partial charge in [-0.1, -0.05) is 35.9 Å². The second-order valence-corrected chi connectivity index (χ2v) is 6.21. The van der Waals surface area contributed by atoms with Gasteiger partial charge < -0.3 is 4.74 Å². The van der Waals surface area contributed by atoms with Crippen molar-refractivity contribution in [1.29, 1.82) is 0 Å². The molecule has 6 nitrogen and oxygen atoms in total. The number of hydrogen-bond donors (Lipinski definition) is 2.